The number of carbonyl (C=O) groups is 1. The molecule has 2 saturated carbocycles. The summed E-state index contributed by atoms with van der Waals surface area (Å²) in [6.45, 7) is 0.311. The zero-order chi connectivity index (χ0) is 26.9. The first-order valence-corrected chi connectivity index (χ1v) is 15.0. The normalized spacial score (nSPS) is 23.7. The molecule has 2 aromatic rings. The molecule has 1 aliphatic heterocycles. The van der Waals surface area contributed by atoms with Crippen LogP contribution in [0.5, 0.6) is 0 Å². The van der Waals surface area contributed by atoms with E-state index in [1.807, 2.05) is 22.6 Å². The van der Waals surface area contributed by atoms with Crippen LogP contribution in [0.15, 0.2) is 30.3 Å². The predicted octanol–water partition coefficient (Wildman–Crippen LogP) is 7.81. The van der Waals surface area contributed by atoms with E-state index in [1.165, 1.54) is 80.9 Å². The van der Waals surface area contributed by atoms with E-state index in [1.54, 1.807) is 6.07 Å². The Morgan fingerprint density at radius 1 is 0.974 bits per heavy atom. The van der Waals surface area contributed by atoms with Crippen LogP contribution < -0.4 is 5.32 Å². The highest BCUT2D eigenvalue weighted by Gasteiger charge is 2.45. The SMILES string of the molecule is O=C(c1ccc(F)c(F)c1Nc1ccc(I)cc1F)N1CC(O)(CCC2CCCCC2C2CCCCC2)C1. The number of nitrogens with one attached hydrogen (secondary N) is 1. The number of carbonyl (C=O) groups excluding carboxylic acids is 1. The molecular formula is C30H36F3IN2O2. The lowest BCUT2D eigenvalue weighted by molar-refractivity contribution is -0.0912. The van der Waals surface area contributed by atoms with E-state index < -0.39 is 34.6 Å². The molecule has 1 amide bonds. The largest absolute Gasteiger partial charge is 0.386 e. The number of nitrogens with zero attached hydrogens (tertiary/aromatic N) is 1. The van der Waals surface area contributed by atoms with E-state index in [9.17, 15) is 23.1 Å². The highest BCUT2D eigenvalue weighted by molar-refractivity contribution is 14.1. The van der Waals surface area contributed by atoms with E-state index in [2.05, 4.69) is 5.32 Å². The van der Waals surface area contributed by atoms with Gasteiger partial charge in [0.15, 0.2) is 11.6 Å². The number of likely N-dealkylation sites (tertiary alicyclic amines) is 1. The van der Waals surface area contributed by atoms with Crippen LogP contribution in [0.1, 0.15) is 81.0 Å². The van der Waals surface area contributed by atoms with Crippen molar-refractivity contribution in [2.45, 2.75) is 76.2 Å². The molecule has 5 rings (SSSR count). The van der Waals surface area contributed by atoms with E-state index in [0.717, 1.165) is 24.3 Å². The maximum Gasteiger partial charge on any atom is 0.256 e. The Morgan fingerprint density at radius 2 is 1.68 bits per heavy atom. The fourth-order valence-electron chi connectivity index (χ4n) is 6.94. The molecule has 0 radical (unpaired) electrons. The molecule has 1 heterocycles. The number of hydrogen-bond acceptors (Lipinski definition) is 3. The van der Waals surface area contributed by atoms with Crippen LogP contribution in [0.2, 0.25) is 0 Å². The lowest BCUT2D eigenvalue weighted by Gasteiger charge is -2.48. The van der Waals surface area contributed by atoms with Gasteiger partial charge in [-0.3, -0.25) is 4.79 Å². The molecule has 38 heavy (non-hydrogen) atoms. The summed E-state index contributed by atoms with van der Waals surface area (Å²) in [7, 11) is 0. The molecule has 1 saturated heterocycles. The third-order valence-electron chi connectivity index (χ3n) is 8.98. The quantitative estimate of drug-likeness (QED) is 0.304. The lowest BCUT2D eigenvalue weighted by atomic mass is 9.66. The lowest BCUT2D eigenvalue weighted by Crippen LogP contribution is -2.63. The second kappa shape index (κ2) is 11.7. The fraction of sp³-hybridized carbons (Fsp3) is 0.567. The summed E-state index contributed by atoms with van der Waals surface area (Å²) < 4.78 is 43.9. The van der Waals surface area contributed by atoms with Gasteiger partial charge in [-0.15, -0.1) is 0 Å². The first kappa shape index (κ1) is 27.7. The molecule has 2 N–H and O–H groups in total. The van der Waals surface area contributed by atoms with Gasteiger partial charge in [0.1, 0.15) is 5.82 Å². The molecule has 2 unspecified atom stereocenters. The van der Waals surface area contributed by atoms with Gasteiger partial charge in [0, 0.05) is 3.57 Å². The predicted molar refractivity (Wildman–Crippen MR) is 151 cm³/mol. The van der Waals surface area contributed by atoms with Gasteiger partial charge in [-0.1, -0.05) is 51.4 Å². The van der Waals surface area contributed by atoms with Gasteiger partial charge in [0.25, 0.3) is 5.91 Å². The van der Waals surface area contributed by atoms with E-state index in [4.69, 9.17) is 0 Å². The number of aliphatic hydroxyl groups is 1. The minimum Gasteiger partial charge on any atom is -0.386 e. The number of halogens is 4. The van der Waals surface area contributed by atoms with Crippen LogP contribution in [0.25, 0.3) is 0 Å². The maximum absolute atomic E-state index is 14.8. The zero-order valence-corrected chi connectivity index (χ0v) is 23.8. The summed E-state index contributed by atoms with van der Waals surface area (Å²) >= 11 is 1.95. The third kappa shape index (κ3) is 6.01. The number of rotatable bonds is 7. The van der Waals surface area contributed by atoms with Gasteiger partial charge in [-0.2, -0.15) is 0 Å². The van der Waals surface area contributed by atoms with Crippen molar-refractivity contribution in [1.82, 2.24) is 4.90 Å². The Labute approximate surface area is 236 Å². The second-order valence-corrected chi connectivity index (χ2v) is 12.8. The molecule has 206 valence electrons. The van der Waals surface area contributed by atoms with Crippen LogP contribution in [0.3, 0.4) is 0 Å². The summed E-state index contributed by atoms with van der Waals surface area (Å²) in [4.78, 5) is 14.7. The number of anilines is 2. The van der Waals surface area contributed by atoms with E-state index >= 15 is 0 Å². The second-order valence-electron chi connectivity index (χ2n) is 11.6. The fourth-order valence-corrected chi connectivity index (χ4v) is 7.40. The highest BCUT2D eigenvalue weighted by Crippen LogP contribution is 2.44. The zero-order valence-electron chi connectivity index (χ0n) is 21.6. The van der Waals surface area contributed by atoms with Crippen molar-refractivity contribution >= 4 is 39.9 Å². The van der Waals surface area contributed by atoms with Crippen molar-refractivity contribution < 1.29 is 23.1 Å². The monoisotopic (exact) mass is 640 g/mol. The van der Waals surface area contributed by atoms with E-state index in [-0.39, 0.29) is 24.3 Å². The Kier molecular flexibility index (Phi) is 8.57. The van der Waals surface area contributed by atoms with Crippen LogP contribution in [-0.4, -0.2) is 34.6 Å². The summed E-state index contributed by atoms with van der Waals surface area (Å²) in [6, 6.07) is 6.43. The highest BCUT2D eigenvalue weighted by atomic mass is 127. The Bertz CT molecular complexity index is 1160. The molecule has 2 aromatic carbocycles. The van der Waals surface area contributed by atoms with Gasteiger partial charge < -0.3 is 15.3 Å². The molecule has 8 heteroatoms. The minimum atomic E-state index is -1.24. The van der Waals surface area contributed by atoms with Crippen molar-refractivity contribution in [2.24, 2.45) is 17.8 Å². The van der Waals surface area contributed by atoms with E-state index in [0.29, 0.717) is 15.9 Å². The van der Waals surface area contributed by atoms with Crippen LogP contribution in [0.4, 0.5) is 24.5 Å². The van der Waals surface area contributed by atoms with Crippen molar-refractivity contribution in [3.05, 3.63) is 56.9 Å². The number of benzene rings is 2. The maximum atomic E-state index is 14.8. The molecular weight excluding hydrogens is 604 g/mol. The number of β-amino-alcohol motifs (C(OH)–C–C–N with tert-alkyl or cyclic N) is 1. The first-order chi connectivity index (χ1) is 18.2. The Hall–Kier alpha value is -1.81. The molecule has 4 nitrogen and oxygen atoms in total. The van der Waals surface area contributed by atoms with Crippen LogP contribution >= 0.6 is 22.6 Å². The van der Waals surface area contributed by atoms with Crippen LogP contribution in [-0.2, 0) is 0 Å². The van der Waals surface area contributed by atoms with Crippen molar-refractivity contribution in [3.63, 3.8) is 0 Å². The topological polar surface area (TPSA) is 52.6 Å². The third-order valence-corrected chi connectivity index (χ3v) is 9.65. The van der Waals surface area contributed by atoms with Gasteiger partial charge in [-0.25, -0.2) is 13.2 Å². The van der Waals surface area contributed by atoms with Crippen LogP contribution in [0, 0.1) is 38.8 Å². The van der Waals surface area contributed by atoms with Gasteiger partial charge >= 0.3 is 0 Å². The summed E-state index contributed by atoms with van der Waals surface area (Å²) in [5.74, 6) is -1.31. The van der Waals surface area contributed by atoms with Gasteiger partial charge in [0.05, 0.1) is 35.6 Å². The average molecular weight is 641 g/mol. The van der Waals surface area contributed by atoms with Crippen molar-refractivity contribution in [1.29, 1.82) is 0 Å². The standard InChI is InChI=1S/C30H36F3IN2O2/c31-24-12-11-23(28(27(24)33)35-26-13-10-21(34)16-25(26)32)29(37)36-17-30(38,18-36)15-14-20-8-4-5-9-22(20)19-6-2-1-3-7-19/h10-13,16,19-20,22,35,38H,1-9,14-15,17-18H2. The van der Waals surface area contributed by atoms with Gasteiger partial charge in [-0.05, 0) is 89.9 Å². The average Bonchev–Trinajstić information content (AvgIpc) is 2.90. The summed E-state index contributed by atoms with van der Waals surface area (Å²) in [5, 5.41) is 13.8. The summed E-state index contributed by atoms with van der Waals surface area (Å²) in [6.07, 6.45) is 13.4. The summed E-state index contributed by atoms with van der Waals surface area (Å²) in [5.41, 5.74) is -1.50. The minimum absolute atomic E-state index is 0.0518. The molecule has 0 aromatic heterocycles. The molecule has 0 spiro atoms. The molecule has 2 aliphatic carbocycles. The molecule has 0 bridgehead atoms. The van der Waals surface area contributed by atoms with Gasteiger partial charge in [0.2, 0.25) is 0 Å². The smallest absolute Gasteiger partial charge is 0.256 e. The molecule has 3 fully saturated rings. The molecule has 2 atom stereocenters. The molecule has 3 aliphatic rings. The first-order valence-electron chi connectivity index (χ1n) is 14.0. The Morgan fingerprint density at radius 3 is 2.42 bits per heavy atom. The van der Waals surface area contributed by atoms with Crippen molar-refractivity contribution in [2.75, 3.05) is 18.4 Å². The van der Waals surface area contributed by atoms with Crippen molar-refractivity contribution in [3.8, 4) is 0 Å². The number of amides is 1. The number of hydrogen-bond donors (Lipinski definition) is 2. The Balaban J connectivity index is 1.23.